The Labute approximate surface area is 121 Å². The highest BCUT2D eigenvalue weighted by Crippen LogP contribution is 2.08. The molecule has 1 N–H and O–H groups in total. The van der Waals surface area contributed by atoms with Gasteiger partial charge in [-0.05, 0) is 30.5 Å². The summed E-state index contributed by atoms with van der Waals surface area (Å²) in [7, 11) is 0. The first-order valence-electron chi connectivity index (χ1n) is 6.89. The fourth-order valence-corrected chi connectivity index (χ4v) is 1.95. The highest BCUT2D eigenvalue weighted by atomic mass is 19.1. The van der Waals surface area contributed by atoms with Gasteiger partial charge in [0.15, 0.2) is 0 Å². The summed E-state index contributed by atoms with van der Waals surface area (Å²) in [6, 6.07) is 3.83. The maximum atomic E-state index is 13.2. The molecule has 0 unspecified atom stereocenters. The van der Waals surface area contributed by atoms with E-state index < -0.39 is 11.4 Å². The smallest absolute Gasteiger partial charge is 0.261 e. The molecular weight excluding hydrogens is 273 g/mol. The summed E-state index contributed by atoms with van der Waals surface area (Å²) in [5.41, 5.74) is -0.00336. The van der Waals surface area contributed by atoms with Gasteiger partial charge in [0.25, 0.3) is 5.56 Å². The van der Waals surface area contributed by atoms with E-state index in [2.05, 4.69) is 24.1 Å². The highest BCUT2D eigenvalue weighted by molar-refractivity contribution is 5.78. The minimum absolute atomic E-state index is 0.115. The Morgan fingerprint density at radius 1 is 1.43 bits per heavy atom. The molecule has 0 bridgehead atoms. The molecule has 0 saturated carbocycles. The van der Waals surface area contributed by atoms with Crippen molar-refractivity contribution in [3.05, 3.63) is 40.7 Å². The molecule has 1 heterocycles. The molecule has 0 aliphatic rings. The summed E-state index contributed by atoms with van der Waals surface area (Å²) >= 11 is 0. The Morgan fingerprint density at radius 2 is 2.19 bits per heavy atom. The molecule has 0 spiro atoms. The zero-order valence-corrected chi connectivity index (χ0v) is 12.1. The lowest BCUT2D eigenvalue weighted by Crippen LogP contribution is -2.33. The van der Waals surface area contributed by atoms with E-state index in [0.29, 0.717) is 18.0 Å². The highest BCUT2D eigenvalue weighted by Gasteiger charge is 2.08. The standard InChI is InChI=1S/C15H18FN3O2/c1-10(2)5-6-17-14(20)8-19-9-18-13-4-3-11(16)7-12(13)15(19)21/h3-4,7,9-10H,5-6,8H2,1-2H3,(H,17,20). The Kier molecular flexibility index (Phi) is 4.67. The van der Waals surface area contributed by atoms with Crippen molar-refractivity contribution in [3.63, 3.8) is 0 Å². The molecule has 0 fully saturated rings. The van der Waals surface area contributed by atoms with Crippen molar-refractivity contribution in [1.82, 2.24) is 14.9 Å². The van der Waals surface area contributed by atoms with E-state index in [1.165, 1.54) is 23.0 Å². The van der Waals surface area contributed by atoms with Gasteiger partial charge >= 0.3 is 0 Å². The van der Waals surface area contributed by atoms with E-state index in [1.54, 1.807) is 0 Å². The molecule has 6 heteroatoms. The number of amides is 1. The number of hydrogen-bond donors (Lipinski definition) is 1. The number of carbonyl (C=O) groups is 1. The Morgan fingerprint density at radius 3 is 2.90 bits per heavy atom. The largest absolute Gasteiger partial charge is 0.355 e. The van der Waals surface area contributed by atoms with Gasteiger partial charge in [0, 0.05) is 6.54 Å². The first-order valence-corrected chi connectivity index (χ1v) is 6.89. The van der Waals surface area contributed by atoms with E-state index in [9.17, 15) is 14.0 Å². The Hall–Kier alpha value is -2.24. The Balaban J connectivity index is 2.14. The third-order valence-electron chi connectivity index (χ3n) is 3.14. The number of hydrogen-bond acceptors (Lipinski definition) is 3. The second-order valence-electron chi connectivity index (χ2n) is 5.37. The first kappa shape index (κ1) is 15.2. The molecule has 21 heavy (non-hydrogen) atoms. The number of aromatic nitrogens is 2. The lowest BCUT2D eigenvalue weighted by Gasteiger charge is -2.09. The number of benzene rings is 1. The maximum absolute atomic E-state index is 13.2. The lowest BCUT2D eigenvalue weighted by molar-refractivity contribution is -0.121. The van der Waals surface area contributed by atoms with Crippen molar-refractivity contribution >= 4 is 16.8 Å². The summed E-state index contributed by atoms with van der Waals surface area (Å²) in [6.07, 6.45) is 2.19. The Bertz CT molecular complexity index is 710. The van der Waals surface area contributed by atoms with Crippen molar-refractivity contribution in [2.24, 2.45) is 5.92 Å². The van der Waals surface area contributed by atoms with Gasteiger partial charge in [-0.25, -0.2) is 9.37 Å². The van der Waals surface area contributed by atoms with Gasteiger partial charge in [-0.3, -0.25) is 14.2 Å². The van der Waals surface area contributed by atoms with Gasteiger partial charge < -0.3 is 5.32 Å². The van der Waals surface area contributed by atoms with Gasteiger partial charge in [0.2, 0.25) is 5.91 Å². The van der Waals surface area contributed by atoms with Crippen LogP contribution in [0.3, 0.4) is 0 Å². The van der Waals surface area contributed by atoms with Gasteiger partial charge in [-0.15, -0.1) is 0 Å². The van der Waals surface area contributed by atoms with Crippen LogP contribution in [0.15, 0.2) is 29.3 Å². The predicted molar refractivity (Wildman–Crippen MR) is 78.4 cm³/mol. The van der Waals surface area contributed by atoms with Crippen molar-refractivity contribution < 1.29 is 9.18 Å². The van der Waals surface area contributed by atoms with Crippen LogP contribution in [-0.2, 0) is 11.3 Å². The molecular formula is C15H18FN3O2. The summed E-state index contributed by atoms with van der Waals surface area (Å²) in [4.78, 5) is 28.0. The van der Waals surface area contributed by atoms with Crippen LogP contribution in [0.4, 0.5) is 4.39 Å². The van der Waals surface area contributed by atoms with Crippen molar-refractivity contribution in [2.45, 2.75) is 26.8 Å². The second-order valence-corrected chi connectivity index (χ2v) is 5.37. The van der Waals surface area contributed by atoms with Crippen LogP contribution in [0.5, 0.6) is 0 Å². The fourth-order valence-electron chi connectivity index (χ4n) is 1.95. The van der Waals surface area contributed by atoms with Crippen LogP contribution in [0.25, 0.3) is 10.9 Å². The predicted octanol–water partition coefficient (Wildman–Crippen LogP) is 1.70. The molecule has 1 amide bonds. The molecule has 5 nitrogen and oxygen atoms in total. The zero-order valence-electron chi connectivity index (χ0n) is 12.1. The molecule has 0 aliphatic heterocycles. The minimum atomic E-state index is -0.500. The monoisotopic (exact) mass is 291 g/mol. The molecule has 0 radical (unpaired) electrons. The summed E-state index contributed by atoms with van der Waals surface area (Å²) in [5.74, 6) is -0.255. The topological polar surface area (TPSA) is 64.0 Å². The normalized spacial score (nSPS) is 11.0. The zero-order chi connectivity index (χ0) is 15.4. The summed E-state index contributed by atoms with van der Waals surface area (Å²) in [5, 5.41) is 2.92. The quantitative estimate of drug-likeness (QED) is 0.912. The molecule has 112 valence electrons. The number of carbonyl (C=O) groups excluding carboxylic acids is 1. The van der Waals surface area contributed by atoms with E-state index in [4.69, 9.17) is 0 Å². The van der Waals surface area contributed by atoms with Crippen LogP contribution < -0.4 is 10.9 Å². The molecule has 2 rings (SSSR count). The molecule has 0 atom stereocenters. The van der Waals surface area contributed by atoms with E-state index in [0.717, 1.165) is 12.5 Å². The van der Waals surface area contributed by atoms with Crippen LogP contribution in [0.2, 0.25) is 0 Å². The number of nitrogens with one attached hydrogen (secondary N) is 1. The number of rotatable bonds is 5. The number of fused-ring (bicyclic) bond motifs is 1. The van der Waals surface area contributed by atoms with Crippen molar-refractivity contribution in [2.75, 3.05) is 6.54 Å². The minimum Gasteiger partial charge on any atom is -0.355 e. The van der Waals surface area contributed by atoms with Gasteiger partial charge in [0.1, 0.15) is 12.4 Å². The van der Waals surface area contributed by atoms with E-state index >= 15 is 0 Å². The maximum Gasteiger partial charge on any atom is 0.261 e. The number of nitrogens with zero attached hydrogens (tertiary/aromatic N) is 2. The SMILES string of the molecule is CC(C)CCNC(=O)Cn1cnc2ccc(F)cc2c1=O. The van der Waals surface area contributed by atoms with Gasteiger partial charge in [-0.1, -0.05) is 13.8 Å². The average Bonchev–Trinajstić information content (AvgIpc) is 2.42. The van der Waals surface area contributed by atoms with Gasteiger partial charge in [0.05, 0.1) is 17.2 Å². The third kappa shape index (κ3) is 3.87. The molecule has 0 aliphatic carbocycles. The van der Waals surface area contributed by atoms with Crippen molar-refractivity contribution in [1.29, 1.82) is 0 Å². The van der Waals surface area contributed by atoms with E-state index in [1.807, 2.05) is 0 Å². The molecule has 1 aromatic heterocycles. The fraction of sp³-hybridized carbons (Fsp3) is 0.400. The van der Waals surface area contributed by atoms with Crippen LogP contribution in [0.1, 0.15) is 20.3 Å². The first-order chi connectivity index (χ1) is 9.97. The lowest BCUT2D eigenvalue weighted by atomic mass is 10.1. The van der Waals surface area contributed by atoms with Crippen molar-refractivity contribution in [3.8, 4) is 0 Å². The molecule has 1 aromatic carbocycles. The summed E-state index contributed by atoms with van der Waals surface area (Å²) in [6.45, 7) is 4.59. The third-order valence-corrected chi connectivity index (χ3v) is 3.14. The molecule has 2 aromatic rings. The van der Waals surface area contributed by atoms with Crippen LogP contribution in [0, 0.1) is 11.7 Å². The van der Waals surface area contributed by atoms with Gasteiger partial charge in [-0.2, -0.15) is 0 Å². The summed E-state index contributed by atoms with van der Waals surface area (Å²) < 4.78 is 14.4. The van der Waals surface area contributed by atoms with E-state index in [-0.39, 0.29) is 17.8 Å². The second kappa shape index (κ2) is 6.47. The molecule has 0 saturated heterocycles. The number of halogens is 1. The van der Waals surface area contributed by atoms with Crippen LogP contribution in [-0.4, -0.2) is 22.0 Å². The average molecular weight is 291 g/mol. The van der Waals surface area contributed by atoms with Crippen LogP contribution >= 0.6 is 0 Å².